The third kappa shape index (κ3) is 8.53. The minimum atomic E-state index is 0.772. The molecule has 8 heteroatoms. The molecule has 0 saturated carbocycles. The Bertz CT molecular complexity index is 518. The normalized spacial score (nSPS) is 15.8. The molecule has 0 unspecified atom stereocenters. The molecule has 1 saturated heterocycles. The molecule has 0 radical (unpaired) electrons. The molecule has 0 amide bonds. The van der Waals surface area contributed by atoms with E-state index in [2.05, 4.69) is 42.3 Å². The van der Waals surface area contributed by atoms with E-state index in [0.717, 1.165) is 90.3 Å². The molecule has 2 rings (SSSR count). The van der Waals surface area contributed by atoms with Crippen LogP contribution < -0.4 is 15.5 Å². The Morgan fingerprint density at radius 3 is 2.59 bits per heavy atom. The molecule has 1 aliphatic rings. The van der Waals surface area contributed by atoms with Gasteiger partial charge in [-0.25, -0.2) is 9.97 Å². The van der Waals surface area contributed by atoms with E-state index < -0.39 is 0 Å². The zero-order valence-corrected chi connectivity index (χ0v) is 16.9. The fourth-order valence-electron chi connectivity index (χ4n) is 2.98. The number of nitrogens with one attached hydrogen (secondary N) is 2. The van der Waals surface area contributed by atoms with Gasteiger partial charge in [0.25, 0.3) is 0 Å². The minimum absolute atomic E-state index is 0.772. The topological polar surface area (TPSA) is 77.9 Å². The second kappa shape index (κ2) is 13.3. The predicted octanol–water partition coefficient (Wildman–Crippen LogP) is 0.970. The van der Waals surface area contributed by atoms with Crippen LogP contribution in [-0.2, 0) is 4.74 Å². The van der Waals surface area contributed by atoms with Gasteiger partial charge in [0.1, 0.15) is 0 Å². The van der Waals surface area contributed by atoms with Crippen LogP contribution in [0.3, 0.4) is 0 Å². The summed E-state index contributed by atoms with van der Waals surface area (Å²) in [4.78, 5) is 18.0. The Morgan fingerprint density at radius 1 is 1.11 bits per heavy atom. The lowest BCUT2D eigenvalue weighted by molar-refractivity contribution is 0.146. The Balaban J connectivity index is 1.59. The highest BCUT2D eigenvalue weighted by molar-refractivity contribution is 5.79. The first-order chi connectivity index (χ1) is 13.3. The van der Waals surface area contributed by atoms with E-state index in [0.29, 0.717) is 0 Å². The van der Waals surface area contributed by atoms with Gasteiger partial charge in [0.15, 0.2) is 5.96 Å². The van der Waals surface area contributed by atoms with Gasteiger partial charge in [0.05, 0.1) is 0 Å². The molecule has 2 N–H and O–H groups in total. The number of ether oxygens (including phenoxy) is 1. The Labute approximate surface area is 163 Å². The number of hydrogen-bond donors (Lipinski definition) is 2. The van der Waals surface area contributed by atoms with E-state index >= 15 is 0 Å². The first kappa shape index (κ1) is 21.4. The summed E-state index contributed by atoms with van der Waals surface area (Å²) in [6.07, 6.45) is 5.67. The summed E-state index contributed by atoms with van der Waals surface area (Å²) < 4.78 is 5.35. The van der Waals surface area contributed by atoms with Crippen LogP contribution in [0.1, 0.15) is 26.7 Å². The smallest absolute Gasteiger partial charge is 0.225 e. The van der Waals surface area contributed by atoms with Crippen molar-refractivity contribution in [3.05, 3.63) is 18.5 Å². The molecule has 1 fully saturated rings. The summed E-state index contributed by atoms with van der Waals surface area (Å²) in [7, 11) is 0. The molecule has 0 spiro atoms. The maximum absolute atomic E-state index is 5.35. The van der Waals surface area contributed by atoms with Gasteiger partial charge < -0.3 is 20.3 Å². The van der Waals surface area contributed by atoms with Crippen molar-refractivity contribution in [2.45, 2.75) is 26.7 Å². The quantitative estimate of drug-likeness (QED) is 0.338. The lowest BCUT2D eigenvalue weighted by atomic mass is 10.3. The van der Waals surface area contributed by atoms with Crippen molar-refractivity contribution in [1.29, 1.82) is 0 Å². The zero-order chi connectivity index (χ0) is 19.2. The number of hydrogen-bond acceptors (Lipinski definition) is 6. The average Bonchev–Trinajstić information content (AvgIpc) is 2.72. The fourth-order valence-corrected chi connectivity index (χ4v) is 2.98. The molecule has 8 nitrogen and oxygen atoms in total. The first-order valence-corrected chi connectivity index (χ1v) is 10.2. The molecule has 0 aliphatic carbocycles. The van der Waals surface area contributed by atoms with Gasteiger partial charge in [-0.2, -0.15) is 0 Å². The number of aromatic nitrogens is 2. The van der Waals surface area contributed by atoms with E-state index in [1.165, 1.54) is 0 Å². The SMILES string of the molecule is CCNC(=NCCCOCC)NCCCN1CCN(c2ncccn2)CC1. The number of guanidine groups is 1. The van der Waals surface area contributed by atoms with Crippen molar-refractivity contribution in [2.75, 3.05) is 70.5 Å². The first-order valence-electron chi connectivity index (χ1n) is 10.2. The molecular weight excluding hydrogens is 342 g/mol. The van der Waals surface area contributed by atoms with Gasteiger partial charge in [0, 0.05) is 71.4 Å². The molecule has 27 heavy (non-hydrogen) atoms. The van der Waals surface area contributed by atoms with Gasteiger partial charge in [0.2, 0.25) is 5.95 Å². The summed E-state index contributed by atoms with van der Waals surface area (Å²) in [5.41, 5.74) is 0. The molecule has 1 aromatic heterocycles. The van der Waals surface area contributed by atoms with Crippen molar-refractivity contribution >= 4 is 11.9 Å². The Morgan fingerprint density at radius 2 is 1.89 bits per heavy atom. The van der Waals surface area contributed by atoms with Crippen LogP contribution in [0.4, 0.5) is 5.95 Å². The summed E-state index contributed by atoms with van der Waals surface area (Å²) in [6.45, 7) is 13.4. The van der Waals surface area contributed by atoms with Gasteiger partial charge in [-0.1, -0.05) is 0 Å². The van der Waals surface area contributed by atoms with E-state index in [4.69, 9.17) is 4.74 Å². The fraction of sp³-hybridized carbons (Fsp3) is 0.737. The second-order valence-electron chi connectivity index (χ2n) is 6.47. The number of nitrogens with zero attached hydrogens (tertiary/aromatic N) is 5. The number of aliphatic imine (C=N–C) groups is 1. The Hall–Kier alpha value is -1.93. The van der Waals surface area contributed by atoms with Crippen molar-refractivity contribution in [2.24, 2.45) is 4.99 Å². The largest absolute Gasteiger partial charge is 0.382 e. The second-order valence-corrected chi connectivity index (χ2v) is 6.47. The standard InChI is InChI=1S/C19H35N7O/c1-3-20-18(22-11-7-17-27-4-2)21-10-6-12-25-13-15-26(16-14-25)19-23-8-5-9-24-19/h5,8-9H,3-4,6-7,10-17H2,1-2H3,(H2,20,21,22). The van der Waals surface area contributed by atoms with Gasteiger partial charge in [-0.15, -0.1) is 0 Å². The predicted molar refractivity (Wildman–Crippen MR) is 110 cm³/mol. The van der Waals surface area contributed by atoms with Crippen molar-refractivity contribution in [1.82, 2.24) is 25.5 Å². The highest BCUT2D eigenvalue weighted by Gasteiger charge is 2.18. The number of rotatable bonds is 11. The average molecular weight is 378 g/mol. The van der Waals surface area contributed by atoms with Gasteiger partial charge >= 0.3 is 0 Å². The van der Waals surface area contributed by atoms with Crippen LogP contribution in [-0.4, -0.2) is 86.4 Å². The monoisotopic (exact) mass is 377 g/mol. The van der Waals surface area contributed by atoms with Crippen LogP contribution >= 0.6 is 0 Å². The minimum Gasteiger partial charge on any atom is -0.382 e. The number of anilines is 1. The highest BCUT2D eigenvalue weighted by Crippen LogP contribution is 2.09. The molecule has 0 bridgehead atoms. The van der Waals surface area contributed by atoms with E-state index in [1.54, 1.807) is 12.4 Å². The molecule has 1 aliphatic heterocycles. The maximum Gasteiger partial charge on any atom is 0.225 e. The molecule has 0 aromatic carbocycles. The third-order valence-corrected chi connectivity index (χ3v) is 4.42. The van der Waals surface area contributed by atoms with Crippen molar-refractivity contribution in [3.8, 4) is 0 Å². The van der Waals surface area contributed by atoms with Crippen molar-refractivity contribution < 1.29 is 4.74 Å². The van der Waals surface area contributed by atoms with Crippen LogP contribution in [0.5, 0.6) is 0 Å². The van der Waals surface area contributed by atoms with Crippen LogP contribution in [0.15, 0.2) is 23.5 Å². The lowest BCUT2D eigenvalue weighted by Gasteiger charge is -2.34. The summed E-state index contributed by atoms with van der Waals surface area (Å²) in [5.74, 6) is 1.75. The third-order valence-electron chi connectivity index (χ3n) is 4.42. The maximum atomic E-state index is 5.35. The van der Waals surface area contributed by atoms with Gasteiger partial charge in [-0.3, -0.25) is 9.89 Å². The summed E-state index contributed by atoms with van der Waals surface area (Å²) in [5, 5.41) is 6.73. The van der Waals surface area contributed by atoms with Crippen molar-refractivity contribution in [3.63, 3.8) is 0 Å². The van der Waals surface area contributed by atoms with Crippen LogP contribution in [0, 0.1) is 0 Å². The summed E-state index contributed by atoms with van der Waals surface area (Å²) in [6, 6.07) is 1.86. The molecular formula is C19H35N7O. The number of piperazine rings is 1. The highest BCUT2D eigenvalue weighted by atomic mass is 16.5. The van der Waals surface area contributed by atoms with Crippen LogP contribution in [0.25, 0.3) is 0 Å². The zero-order valence-electron chi connectivity index (χ0n) is 16.9. The molecule has 152 valence electrons. The molecule has 1 aromatic rings. The van der Waals surface area contributed by atoms with E-state index in [1.807, 2.05) is 13.0 Å². The molecule has 2 heterocycles. The lowest BCUT2D eigenvalue weighted by Crippen LogP contribution is -2.47. The van der Waals surface area contributed by atoms with Crippen LogP contribution in [0.2, 0.25) is 0 Å². The van der Waals surface area contributed by atoms with E-state index in [9.17, 15) is 0 Å². The summed E-state index contributed by atoms with van der Waals surface area (Å²) >= 11 is 0. The molecule has 0 atom stereocenters. The Kier molecular flexibility index (Phi) is 10.5. The van der Waals surface area contributed by atoms with E-state index in [-0.39, 0.29) is 0 Å². The van der Waals surface area contributed by atoms with Gasteiger partial charge in [-0.05, 0) is 39.3 Å².